The van der Waals surface area contributed by atoms with Crippen LogP contribution >= 0.6 is 27.3 Å². The van der Waals surface area contributed by atoms with E-state index in [0.717, 1.165) is 26.7 Å². The normalized spacial score (nSPS) is 11.0. The molecule has 3 rings (SSSR count). The Labute approximate surface area is 146 Å². The van der Waals surface area contributed by atoms with Crippen LogP contribution in [0.3, 0.4) is 0 Å². The Balaban J connectivity index is 2.23. The summed E-state index contributed by atoms with van der Waals surface area (Å²) in [6.07, 6.45) is 1.76. The van der Waals surface area contributed by atoms with Crippen molar-refractivity contribution in [1.82, 2.24) is 0 Å². The summed E-state index contributed by atoms with van der Waals surface area (Å²) in [6.45, 7) is 2.40. The first-order valence-corrected chi connectivity index (χ1v) is 9.05. The number of rotatable bonds is 4. The predicted octanol–water partition coefficient (Wildman–Crippen LogP) is 5.13. The van der Waals surface area contributed by atoms with E-state index in [2.05, 4.69) is 15.9 Å². The Bertz CT molecular complexity index is 946. The van der Waals surface area contributed by atoms with Gasteiger partial charge in [0.25, 0.3) is 0 Å². The molecule has 2 aromatic carbocycles. The molecule has 0 spiro atoms. The maximum absolute atomic E-state index is 12.8. The Hall–Kier alpha value is -1.72. The van der Waals surface area contributed by atoms with Crippen molar-refractivity contribution in [2.75, 3.05) is 6.61 Å². The Morgan fingerprint density at radius 2 is 2.00 bits per heavy atom. The van der Waals surface area contributed by atoms with Gasteiger partial charge in [-0.3, -0.25) is 4.79 Å². The average Bonchev–Trinajstić information content (AvgIpc) is 2.54. The van der Waals surface area contributed by atoms with E-state index in [0.29, 0.717) is 22.9 Å². The third-order valence-corrected chi connectivity index (χ3v) is 5.17. The SMILES string of the molecule is CCCCOC(=O)c1cc(Br)cc2sc3ccccc3c(=O)c12. The van der Waals surface area contributed by atoms with Crippen LogP contribution in [0.5, 0.6) is 0 Å². The molecule has 0 saturated heterocycles. The zero-order valence-electron chi connectivity index (χ0n) is 12.6. The number of hydrogen-bond acceptors (Lipinski definition) is 4. The summed E-state index contributed by atoms with van der Waals surface area (Å²) in [7, 11) is 0. The molecule has 1 aromatic heterocycles. The molecular formula is C18H15BrO3S. The summed E-state index contributed by atoms with van der Waals surface area (Å²) in [6, 6.07) is 11.0. The molecule has 0 N–H and O–H groups in total. The van der Waals surface area contributed by atoms with Crippen molar-refractivity contribution >= 4 is 53.4 Å². The second-order valence-corrected chi connectivity index (χ2v) is 7.24. The van der Waals surface area contributed by atoms with Crippen LogP contribution in [0.25, 0.3) is 20.2 Å². The maximum Gasteiger partial charge on any atom is 0.338 e. The summed E-state index contributed by atoms with van der Waals surface area (Å²) in [4.78, 5) is 25.2. The quantitative estimate of drug-likeness (QED) is 0.352. The van der Waals surface area contributed by atoms with Gasteiger partial charge in [-0.1, -0.05) is 41.4 Å². The number of fused-ring (bicyclic) bond motifs is 2. The molecule has 0 aliphatic heterocycles. The lowest BCUT2D eigenvalue weighted by Gasteiger charge is -2.08. The van der Waals surface area contributed by atoms with Crippen molar-refractivity contribution in [3.63, 3.8) is 0 Å². The fraction of sp³-hybridized carbons (Fsp3) is 0.222. The van der Waals surface area contributed by atoms with Crippen LogP contribution in [0, 0.1) is 0 Å². The summed E-state index contributed by atoms with van der Waals surface area (Å²) >= 11 is 4.92. The molecule has 0 aliphatic rings. The Morgan fingerprint density at radius 3 is 2.78 bits per heavy atom. The predicted molar refractivity (Wildman–Crippen MR) is 98.5 cm³/mol. The van der Waals surface area contributed by atoms with Gasteiger partial charge in [0.05, 0.1) is 17.6 Å². The smallest absolute Gasteiger partial charge is 0.338 e. The highest BCUT2D eigenvalue weighted by atomic mass is 79.9. The van der Waals surface area contributed by atoms with Gasteiger partial charge in [-0.2, -0.15) is 0 Å². The minimum absolute atomic E-state index is 0.121. The van der Waals surface area contributed by atoms with Crippen LogP contribution in [0.15, 0.2) is 45.7 Å². The van der Waals surface area contributed by atoms with Gasteiger partial charge in [-0.25, -0.2) is 4.79 Å². The van der Waals surface area contributed by atoms with Crippen LogP contribution in [0.4, 0.5) is 0 Å². The van der Waals surface area contributed by atoms with Gasteiger partial charge >= 0.3 is 5.97 Å². The fourth-order valence-corrected chi connectivity index (χ4v) is 4.20. The molecule has 0 atom stereocenters. The number of ether oxygens (including phenoxy) is 1. The number of esters is 1. The van der Waals surface area contributed by atoms with Crippen LogP contribution in [0.2, 0.25) is 0 Å². The van der Waals surface area contributed by atoms with E-state index >= 15 is 0 Å². The molecule has 0 aliphatic carbocycles. The number of unbranched alkanes of at least 4 members (excludes halogenated alkanes) is 1. The van der Waals surface area contributed by atoms with Crippen molar-refractivity contribution in [2.45, 2.75) is 19.8 Å². The van der Waals surface area contributed by atoms with Crippen LogP contribution in [0.1, 0.15) is 30.1 Å². The largest absolute Gasteiger partial charge is 0.462 e. The molecule has 1 heterocycles. The van der Waals surface area contributed by atoms with Gasteiger partial charge in [0, 0.05) is 19.3 Å². The average molecular weight is 391 g/mol. The molecule has 0 saturated carbocycles. The van der Waals surface area contributed by atoms with Gasteiger partial charge < -0.3 is 4.74 Å². The highest BCUT2D eigenvalue weighted by Gasteiger charge is 2.17. The van der Waals surface area contributed by atoms with E-state index in [9.17, 15) is 9.59 Å². The molecule has 3 nitrogen and oxygen atoms in total. The maximum atomic E-state index is 12.8. The molecule has 3 aromatic rings. The van der Waals surface area contributed by atoms with Crippen molar-refractivity contribution in [3.05, 3.63) is 56.7 Å². The molecule has 0 unspecified atom stereocenters. The zero-order valence-corrected chi connectivity index (χ0v) is 15.0. The molecule has 0 bridgehead atoms. The van der Waals surface area contributed by atoms with Crippen molar-refractivity contribution in [2.24, 2.45) is 0 Å². The minimum Gasteiger partial charge on any atom is -0.462 e. The van der Waals surface area contributed by atoms with E-state index < -0.39 is 5.97 Å². The van der Waals surface area contributed by atoms with Gasteiger partial charge in [0.2, 0.25) is 0 Å². The van der Waals surface area contributed by atoms with E-state index in [-0.39, 0.29) is 5.43 Å². The second kappa shape index (κ2) is 6.81. The van der Waals surface area contributed by atoms with Crippen LogP contribution < -0.4 is 5.43 Å². The number of benzene rings is 2. The summed E-state index contributed by atoms with van der Waals surface area (Å²) in [5.74, 6) is -0.440. The summed E-state index contributed by atoms with van der Waals surface area (Å²) in [5.41, 5.74) is 0.210. The number of hydrogen-bond donors (Lipinski definition) is 0. The van der Waals surface area contributed by atoms with Crippen molar-refractivity contribution in [1.29, 1.82) is 0 Å². The molecule has 5 heteroatoms. The number of halogens is 1. The standard InChI is InChI=1S/C18H15BrO3S/c1-2-3-8-22-18(21)13-9-11(19)10-15-16(13)17(20)12-6-4-5-7-14(12)23-15/h4-7,9-10H,2-3,8H2,1H3. The molecule has 23 heavy (non-hydrogen) atoms. The van der Waals surface area contributed by atoms with Crippen LogP contribution in [-0.2, 0) is 4.74 Å². The van der Waals surface area contributed by atoms with Gasteiger partial charge in [-0.15, -0.1) is 11.3 Å². The van der Waals surface area contributed by atoms with Crippen LogP contribution in [-0.4, -0.2) is 12.6 Å². The second-order valence-electron chi connectivity index (χ2n) is 5.24. The van der Waals surface area contributed by atoms with E-state index in [1.807, 2.05) is 31.2 Å². The Kier molecular flexibility index (Phi) is 4.78. The lowest BCUT2D eigenvalue weighted by atomic mass is 10.1. The Morgan fingerprint density at radius 1 is 1.22 bits per heavy atom. The van der Waals surface area contributed by atoms with Gasteiger partial charge in [0.15, 0.2) is 5.43 Å². The number of carbonyl (C=O) groups is 1. The molecule has 0 fully saturated rings. The van der Waals surface area contributed by atoms with E-state index in [1.54, 1.807) is 12.1 Å². The highest BCUT2D eigenvalue weighted by Crippen LogP contribution is 2.30. The third-order valence-electron chi connectivity index (χ3n) is 3.60. The monoisotopic (exact) mass is 390 g/mol. The van der Waals surface area contributed by atoms with Crippen molar-refractivity contribution < 1.29 is 9.53 Å². The molecular weight excluding hydrogens is 376 g/mol. The summed E-state index contributed by atoms with van der Waals surface area (Å²) in [5, 5.41) is 1.08. The fourth-order valence-electron chi connectivity index (χ4n) is 2.44. The number of carbonyl (C=O) groups excluding carboxylic acids is 1. The lowest BCUT2D eigenvalue weighted by molar-refractivity contribution is 0.0502. The topological polar surface area (TPSA) is 43.4 Å². The van der Waals surface area contributed by atoms with Gasteiger partial charge in [-0.05, 0) is 30.7 Å². The highest BCUT2D eigenvalue weighted by molar-refractivity contribution is 9.10. The first kappa shape index (κ1) is 16.1. The molecule has 118 valence electrons. The first-order valence-electron chi connectivity index (χ1n) is 7.44. The van der Waals surface area contributed by atoms with E-state index in [1.165, 1.54) is 11.3 Å². The summed E-state index contributed by atoms with van der Waals surface area (Å²) < 4.78 is 7.76. The third kappa shape index (κ3) is 3.16. The zero-order chi connectivity index (χ0) is 16.4. The molecule has 0 amide bonds. The first-order chi connectivity index (χ1) is 11.1. The van der Waals surface area contributed by atoms with Crippen molar-refractivity contribution in [3.8, 4) is 0 Å². The lowest BCUT2D eigenvalue weighted by Crippen LogP contribution is -2.12. The van der Waals surface area contributed by atoms with E-state index in [4.69, 9.17) is 4.74 Å². The minimum atomic E-state index is -0.440. The molecule has 0 radical (unpaired) electrons. The van der Waals surface area contributed by atoms with Gasteiger partial charge in [0.1, 0.15) is 0 Å².